The van der Waals surface area contributed by atoms with Gasteiger partial charge in [0.15, 0.2) is 0 Å². The first kappa shape index (κ1) is 13.9. The highest BCUT2D eigenvalue weighted by Gasteiger charge is 2.14. The molecule has 0 heterocycles. The third-order valence-corrected chi connectivity index (χ3v) is 3.16. The van der Waals surface area contributed by atoms with Gasteiger partial charge < -0.3 is 10.6 Å². The van der Waals surface area contributed by atoms with Crippen LogP contribution in [-0.2, 0) is 0 Å². The van der Waals surface area contributed by atoms with E-state index in [1.54, 1.807) is 0 Å². The van der Waals surface area contributed by atoms with Crippen LogP contribution in [0.3, 0.4) is 0 Å². The molecule has 0 aliphatic rings. The molecule has 0 aliphatic carbocycles. The Morgan fingerprint density at radius 3 is 2.14 bits per heavy atom. The molecular weight excluding hydrogens is 172 g/mol. The fourth-order valence-electron chi connectivity index (χ4n) is 1.72. The average Bonchev–Trinajstić information content (AvgIpc) is 2.13. The summed E-state index contributed by atoms with van der Waals surface area (Å²) in [6, 6.07) is 0.676. The van der Waals surface area contributed by atoms with Gasteiger partial charge in [0.25, 0.3) is 0 Å². The van der Waals surface area contributed by atoms with Crippen molar-refractivity contribution in [1.82, 2.24) is 4.90 Å². The normalized spacial score (nSPS) is 16.3. The van der Waals surface area contributed by atoms with Crippen molar-refractivity contribution in [2.24, 2.45) is 17.6 Å². The largest absolute Gasteiger partial charge is 0.330 e. The lowest BCUT2D eigenvalue weighted by atomic mass is 10.0. The van der Waals surface area contributed by atoms with Crippen molar-refractivity contribution in [1.29, 1.82) is 0 Å². The molecule has 86 valence electrons. The van der Waals surface area contributed by atoms with Crippen LogP contribution in [0.1, 0.15) is 40.5 Å². The number of rotatable bonds is 7. The van der Waals surface area contributed by atoms with Gasteiger partial charge in [-0.2, -0.15) is 0 Å². The Kier molecular flexibility index (Phi) is 7.20. The highest BCUT2D eigenvalue weighted by atomic mass is 15.1. The molecule has 2 atom stereocenters. The molecule has 0 saturated heterocycles. The van der Waals surface area contributed by atoms with Gasteiger partial charge in [0.05, 0.1) is 0 Å². The van der Waals surface area contributed by atoms with Crippen molar-refractivity contribution in [3.8, 4) is 0 Å². The summed E-state index contributed by atoms with van der Waals surface area (Å²) in [6.07, 6.45) is 2.41. The quantitative estimate of drug-likeness (QED) is 0.683. The molecule has 0 saturated carbocycles. The van der Waals surface area contributed by atoms with Gasteiger partial charge in [0, 0.05) is 12.6 Å². The van der Waals surface area contributed by atoms with E-state index in [4.69, 9.17) is 5.73 Å². The molecule has 0 rings (SSSR count). The van der Waals surface area contributed by atoms with Crippen molar-refractivity contribution in [3.05, 3.63) is 0 Å². The van der Waals surface area contributed by atoms with Crippen LogP contribution in [0.25, 0.3) is 0 Å². The van der Waals surface area contributed by atoms with Crippen LogP contribution in [-0.4, -0.2) is 31.1 Å². The van der Waals surface area contributed by atoms with Gasteiger partial charge in [0.1, 0.15) is 0 Å². The number of nitrogens with zero attached hydrogens (tertiary/aromatic N) is 1. The monoisotopic (exact) mass is 200 g/mol. The van der Waals surface area contributed by atoms with Gasteiger partial charge in [-0.1, -0.05) is 20.8 Å². The third kappa shape index (κ3) is 5.61. The van der Waals surface area contributed by atoms with E-state index in [0.717, 1.165) is 24.8 Å². The Hall–Kier alpha value is -0.0800. The Balaban J connectivity index is 3.74. The van der Waals surface area contributed by atoms with E-state index in [2.05, 4.69) is 39.6 Å². The minimum atomic E-state index is 0.676. The van der Waals surface area contributed by atoms with Crippen LogP contribution >= 0.6 is 0 Å². The molecule has 2 nitrogen and oxygen atoms in total. The number of hydrogen-bond donors (Lipinski definition) is 1. The van der Waals surface area contributed by atoms with Crippen molar-refractivity contribution >= 4 is 0 Å². The predicted molar refractivity (Wildman–Crippen MR) is 64.4 cm³/mol. The van der Waals surface area contributed by atoms with Crippen molar-refractivity contribution in [3.63, 3.8) is 0 Å². The number of hydrogen-bond acceptors (Lipinski definition) is 2. The molecule has 0 bridgehead atoms. The Labute approximate surface area is 89.9 Å². The highest BCUT2D eigenvalue weighted by Crippen LogP contribution is 2.12. The molecule has 2 unspecified atom stereocenters. The zero-order valence-electron chi connectivity index (χ0n) is 10.6. The van der Waals surface area contributed by atoms with Crippen LogP contribution in [0.4, 0.5) is 0 Å². The van der Waals surface area contributed by atoms with E-state index >= 15 is 0 Å². The second-order valence-corrected chi connectivity index (χ2v) is 4.96. The van der Waals surface area contributed by atoms with Crippen molar-refractivity contribution < 1.29 is 0 Å². The molecule has 2 N–H and O–H groups in total. The van der Waals surface area contributed by atoms with Gasteiger partial charge >= 0.3 is 0 Å². The van der Waals surface area contributed by atoms with Gasteiger partial charge in [-0.15, -0.1) is 0 Å². The lowest BCUT2D eigenvalue weighted by molar-refractivity contribution is 0.179. The molecule has 0 spiro atoms. The summed E-state index contributed by atoms with van der Waals surface area (Å²) in [4.78, 5) is 2.46. The minimum absolute atomic E-state index is 0.676. The topological polar surface area (TPSA) is 29.3 Å². The standard InChI is InChI=1S/C12H28N2/c1-10(2)12(4)14(5)9-11(3)7-6-8-13/h10-12H,6-9,13H2,1-5H3. The van der Waals surface area contributed by atoms with Crippen LogP contribution in [0.15, 0.2) is 0 Å². The van der Waals surface area contributed by atoms with E-state index in [0.29, 0.717) is 6.04 Å². The molecule has 0 aromatic heterocycles. The zero-order chi connectivity index (χ0) is 11.1. The predicted octanol–water partition coefficient (Wildman–Crippen LogP) is 2.34. The second-order valence-electron chi connectivity index (χ2n) is 4.96. The van der Waals surface area contributed by atoms with E-state index in [1.165, 1.54) is 13.0 Å². The minimum Gasteiger partial charge on any atom is -0.330 e. The highest BCUT2D eigenvalue weighted by molar-refractivity contribution is 4.69. The molecule has 0 fully saturated rings. The van der Waals surface area contributed by atoms with Crippen LogP contribution < -0.4 is 5.73 Å². The van der Waals surface area contributed by atoms with Gasteiger partial charge in [-0.05, 0) is 45.2 Å². The Bertz CT molecular complexity index is 134. The maximum absolute atomic E-state index is 5.50. The van der Waals surface area contributed by atoms with Crippen molar-refractivity contribution in [2.45, 2.75) is 46.6 Å². The number of nitrogens with two attached hydrogens (primary N) is 1. The zero-order valence-corrected chi connectivity index (χ0v) is 10.6. The van der Waals surface area contributed by atoms with Crippen LogP contribution in [0, 0.1) is 11.8 Å². The smallest absolute Gasteiger partial charge is 0.00869 e. The third-order valence-electron chi connectivity index (χ3n) is 3.16. The van der Waals surface area contributed by atoms with Gasteiger partial charge in [0.2, 0.25) is 0 Å². The van der Waals surface area contributed by atoms with Gasteiger partial charge in [-0.25, -0.2) is 0 Å². The summed E-state index contributed by atoms with van der Waals surface area (Å²) in [5.74, 6) is 1.51. The van der Waals surface area contributed by atoms with E-state index in [1.807, 2.05) is 0 Å². The molecule has 2 heteroatoms. The molecule has 0 radical (unpaired) electrons. The summed E-state index contributed by atoms with van der Waals surface area (Å²) in [7, 11) is 2.23. The molecular formula is C12H28N2. The molecule has 14 heavy (non-hydrogen) atoms. The van der Waals surface area contributed by atoms with E-state index < -0.39 is 0 Å². The summed E-state index contributed by atoms with van der Waals surface area (Å²) >= 11 is 0. The summed E-state index contributed by atoms with van der Waals surface area (Å²) in [6.45, 7) is 11.2. The van der Waals surface area contributed by atoms with Crippen LogP contribution in [0.2, 0.25) is 0 Å². The fourth-order valence-corrected chi connectivity index (χ4v) is 1.72. The van der Waals surface area contributed by atoms with E-state index in [-0.39, 0.29) is 0 Å². The molecule has 0 amide bonds. The summed E-state index contributed by atoms with van der Waals surface area (Å²) in [5, 5.41) is 0. The summed E-state index contributed by atoms with van der Waals surface area (Å²) in [5.41, 5.74) is 5.50. The van der Waals surface area contributed by atoms with Crippen LogP contribution in [0.5, 0.6) is 0 Å². The molecule has 0 aliphatic heterocycles. The fraction of sp³-hybridized carbons (Fsp3) is 1.00. The maximum atomic E-state index is 5.50. The molecule has 0 aromatic carbocycles. The van der Waals surface area contributed by atoms with E-state index in [9.17, 15) is 0 Å². The summed E-state index contributed by atoms with van der Waals surface area (Å²) < 4.78 is 0. The Morgan fingerprint density at radius 2 is 1.71 bits per heavy atom. The SMILES string of the molecule is CC(CCCN)CN(C)C(C)C(C)C. The first-order valence-corrected chi connectivity index (χ1v) is 5.89. The Morgan fingerprint density at radius 1 is 1.14 bits per heavy atom. The lowest BCUT2D eigenvalue weighted by Crippen LogP contribution is -2.36. The molecule has 0 aromatic rings. The van der Waals surface area contributed by atoms with Crippen molar-refractivity contribution in [2.75, 3.05) is 20.1 Å². The average molecular weight is 200 g/mol. The first-order valence-electron chi connectivity index (χ1n) is 5.89. The first-order chi connectivity index (χ1) is 6.49. The maximum Gasteiger partial charge on any atom is 0.00869 e. The second kappa shape index (κ2) is 7.24. The lowest BCUT2D eigenvalue weighted by Gasteiger charge is -2.30. The van der Waals surface area contributed by atoms with Gasteiger partial charge in [-0.3, -0.25) is 0 Å².